The number of carbonyl (C=O) groups excluding carboxylic acids is 3. The van der Waals surface area contributed by atoms with E-state index in [-0.39, 0.29) is 31.3 Å². The van der Waals surface area contributed by atoms with Crippen molar-refractivity contribution in [2.24, 2.45) is 5.92 Å². The zero-order chi connectivity index (χ0) is 22.4. The van der Waals surface area contributed by atoms with Gasteiger partial charge in [0.05, 0.1) is 17.0 Å². The van der Waals surface area contributed by atoms with Crippen molar-refractivity contribution in [1.82, 2.24) is 15.5 Å². The molecule has 1 aliphatic rings. The highest BCUT2D eigenvalue weighted by molar-refractivity contribution is 5.96. The van der Waals surface area contributed by atoms with Gasteiger partial charge in [0.1, 0.15) is 0 Å². The second-order valence-corrected chi connectivity index (χ2v) is 7.25. The molecule has 0 bridgehead atoms. The number of amides is 3. The van der Waals surface area contributed by atoms with E-state index in [0.29, 0.717) is 13.1 Å². The second kappa shape index (κ2) is 9.63. The zero-order valence-electron chi connectivity index (χ0n) is 16.6. The lowest BCUT2D eigenvalue weighted by Crippen LogP contribution is -2.38. The first-order valence-corrected chi connectivity index (χ1v) is 9.79. The van der Waals surface area contributed by atoms with Crippen molar-refractivity contribution in [2.75, 3.05) is 19.6 Å². The van der Waals surface area contributed by atoms with Crippen LogP contribution in [0.2, 0.25) is 0 Å². The molecule has 3 amide bonds. The Hall–Kier alpha value is -3.36. The van der Waals surface area contributed by atoms with Crippen LogP contribution in [0, 0.1) is 5.92 Å². The van der Waals surface area contributed by atoms with E-state index in [1.54, 1.807) is 4.90 Å². The second-order valence-electron chi connectivity index (χ2n) is 7.25. The monoisotopic (exact) mass is 433 g/mol. The number of nitrogens with zero attached hydrogens (tertiary/aromatic N) is 1. The van der Waals surface area contributed by atoms with E-state index < -0.39 is 29.1 Å². The molecule has 1 unspecified atom stereocenters. The van der Waals surface area contributed by atoms with Crippen LogP contribution >= 0.6 is 0 Å². The Kier molecular flexibility index (Phi) is 6.94. The van der Waals surface area contributed by atoms with Gasteiger partial charge in [0.15, 0.2) is 0 Å². The summed E-state index contributed by atoms with van der Waals surface area (Å²) >= 11 is 0. The maximum Gasteiger partial charge on any atom is 0.417 e. The van der Waals surface area contributed by atoms with Crippen molar-refractivity contribution >= 4 is 17.7 Å². The van der Waals surface area contributed by atoms with E-state index in [1.807, 2.05) is 30.3 Å². The molecule has 1 atom stereocenters. The molecule has 9 heteroatoms. The fraction of sp³-hybridized carbons (Fsp3) is 0.318. The van der Waals surface area contributed by atoms with Crippen molar-refractivity contribution in [2.45, 2.75) is 19.1 Å². The van der Waals surface area contributed by atoms with Crippen LogP contribution in [-0.4, -0.2) is 42.3 Å². The topological polar surface area (TPSA) is 78.5 Å². The van der Waals surface area contributed by atoms with Crippen LogP contribution in [-0.2, 0) is 22.3 Å². The van der Waals surface area contributed by atoms with E-state index in [9.17, 15) is 27.6 Å². The molecule has 2 aromatic carbocycles. The van der Waals surface area contributed by atoms with Crippen LogP contribution in [0.5, 0.6) is 0 Å². The van der Waals surface area contributed by atoms with Crippen molar-refractivity contribution in [3.05, 3.63) is 71.3 Å². The minimum Gasteiger partial charge on any atom is -0.354 e. The summed E-state index contributed by atoms with van der Waals surface area (Å²) in [6.07, 6.45) is -4.53. The largest absolute Gasteiger partial charge is 0.417 e. The van der Waals surface area contributed by atoms with Crippen molar-refractivity contribution in [3.63, 3.8) is 0 Å². The maximum atomic E-state index is 13.0. The Labute approximate surface area is 177 Å². The van der Waals surface area contributed by atoms with Crippen LogP contribution in [0.1, 0.15) is 27.9 Å². The Morgan fingerprint density at radius 1 is 0.968 bits per heavy atom. The van der Waals surface area contributed by atoms with E-state index in [1.165, 1.54) is 12.1 Å². The molecule has 2 aromatic rings. The van der Waals surface area contributed by atoms with Gasteiger partial charge in [-0.2, -0.15) is 13.2 Å². The fourth-order valence-electron chi connectivity index (χ4n) is 3.43. The highest BCUT2D eigenvalue weighted by Crippen LogP contribution is 2.31. The molecule has 1 fully saturated rings. The van der Waals surface area contributed by atoms with Gasteiger partial charge in [-0.05, 0) is 17.7 Å². The molecule has 164 valence electrons. The Morgan fingerprint density at radius 3 is 2.32 bits per heavy atom. The van der Waals surface area contributed by atoms with Gasteiger partial charge in [-0.25, -0.2) is 0 Å². The quantitative estimate of drug-likeness (QED) is 0.659. The fourth-order valence-corrected chi connectivity index (χ4v) is 3.43. The van der Waals surface area contributed by atoms with Crippen LogP contribution in [0.15, 0.2) is 54.6 Å². The van der Waals surface area contributed by atoms with Gasteiger partial charge in [-0.1, -0.05) is 42.5 Å². The highest BCUT2D eigenvalue weighted by atomic mass is 19.4. The number of carbonyl (C=O) groups is 3. The van der Waals surface area contributed by atoms with E-state index in [4.69, 9.17) is 0 Å². The summed E-state index contributed by atoms with van der Waals surface area (Å²) in [5.74, 6) is -1.81. The number of hydrogen-bond acceptors (Lipinski definition) is 3. The number of rotatable bonds is 7. The molecule has 0 spiro atoms. The minimum absolute atomic E-state index is 0.0365. The van der Waals surface area contributed by atoms with Crippen molar-refractivity contribution in [1.29, 1.82) is 0 Å². The number of hydrogen-bond donors (Lipinski definition) is 2. The van der Waals surface area contributed by atoms with E-state index in [2.05, 4.69) is 10.6 Å². The number of nitrogens with one attached hydrogen (secondary N) is 2. The van der Waals surface area contributed by atoms with Gasteiger partial charge >= 0.3 is 6.18 Å². The lowest BCUT2D eigenvalue weighted by atomic mass is 10.1. The molecule has 0 aliphatic carbocycles. The summed E-state index contributed by atoms with van der Waals surface area (Å²) in [5, 5.41) is 5.00. The molecular weight excluding hydrogens is 411 g/mol. The van der Waals surface area contributed by atoms with Gasteiger partial charge in [0.2, 0.25) is 11.8 Å². The van der Waals surface area contributed by atoms with Crippen LogP contribution in [0.4, 0.5) is 13.2 Å². The van der Waals surface area contributed by atoms with Crippen LogP contribution in [0.25, 0.3) is 0 Å². The van der Waals surface area contributed by atoms with Gasteiger partial charge in [0, 0.05) is 32.6 Å². The average molecular weight is 433 g/mol. The lowest BCUT2D eigenvalue weighted by Gasteiger charge is -2.17. The molecule has 0 saturated carbocycles. The van der Waals surface area contributed by atoms with Gasteiger partial charge in [-0.3, -0.25) is 14.4 Å². The van der Waals surface area contributed by atoms with Crippen molar-refractivity contribution in [3.8, 4) is 0 Å². The summed E-state index contributed by atoms with van der Waals surface area (Å²) < 4.78 is 39.0. The normalized spacial score (nSPS) is 16.3. The average Bonchev–Trinajstić information content (AvgIpc) is 3.11. The van der Waals surface area contributed by atoms with Gasteiger partial charge in [0.25, 0.3) is 5.91 Å². The summed E-state index contributed by atoms with van der Waals surface area (Å²) in [5.41, 5.74) is -0.516. The predicted molar refractivity (Wildman–Crippen MR) is 107 cm³/mol. The number of alkyl halides is 3. The Bertz CT molecular complexity index is 948. The van der Waals surface area contributed by atoms with Gasteiger partial charge in [-0.15, -0.1) is 0 Å². The third-order valence-electron chi connectivity index (χ3n) is 4.99. The summed E-state index contributed by atoms with van der Waals surface area (Å²) in [7, 11) is 0. The number of likely N-dealkylation sites (tertiary alicyclic amines) is 1. The molecule has 2 N–H and O–H groups in total. The first-order chi connectivity index (χ1) is 14.8. The molecule has 6 nitrogen and oxygen atoms in total. The van der Waals surface area contributed by atoms with Crippen LogP contribution in [0.3, 0.4) is 0 Å². The van der Waals surface area contributed by atoms with Crippen molar-refractivity contribution < 1.29 is 27.6 Å². The molecule has 31 heavy (non-hydrogen) atoms. The van der Waals surface area contributed by atoms with Gasteiger partial charge < -0.3 is 15.5 Å². The Morgan fingerprint density at radius 2 is 1.61 bits per heavy atom. The lowest BCUT2D eigenvalue weighted by molar-refractivity contribution is -0.138. The standard InChI is InChI=1S/C22H22F3N3O3/c23-22(24,25)18-9-5-4-8-17(18)21(31)27-11-10-26-20(30)16-12-19(29)28(14-16)13-15-6-2-1-3-7-15/h1-9,16H,10-14H2,(H,26,30)(H,27,31). The number of benzene rings is 2. The zero-order valence-corrected chi connectivity index (χ0v) is 16.6. The first-order valence-electron chi connectivity index (χ1n) is 9.79. The molecular formula is C22H22F3N3O3. The predicted octanol–water partition coefficient (Wildman–Crippen LogP) is 2.60. The maximum absolute atomic E-state index is 13.0. The molecule has 1 saturated heterocycles. The molecule has 0 radical (unpaired) electrons. The minimum atomic E-state index is -4.64. The number of halogens is 3. The first kappa shape index (κ1) is 22.3. The summed E-state index contributed by atoms with van der Waals surface area (Å²) in [4.78, 5) is 38.2. The molecule has 1 heterocycles. The smallest absolute Gasteiger partial charge is 0.354 e. The summed E-state index contributed by atoms with van der Waals surface area (Å²) in [6, 6.07) is 13.9. The third kappa shape index (κ3) is 5.84. The molecule has 3 rings (SSSR count). The Balaban J connectivity index is 1.45. The SMILES string of the molecule is O=C(NCCNC(=O)C1CC(=O)N(Cc2ccccc2)C1)c1ccccc1C(F)(F)F. The molecule has 1 aliphatic heterocycles. The third-order valence-corrected chi connectivity index (χ3v) is 4.99. The van der Waals surface area contributed by atoms with E-state index in [0.717, 1.165) is 17.7 Å². The highest BCUT2D eigenvalue weighted by Gasteiger charge is 2.35. The van der Waals surface area contributed by atoms with E-state index >= 15 is 0 Å². The summed E-state index contributed by atoms with van der Waals surface area (Å²) in [6.45, 7) is 0.732. The van der Waals surface area contributed by atoms with Crippen LogP contribution < -0.4 is 10.6 Å². The molecule has 0 aromatic heterocycles.